The third-order valence-electron chi connectivity index (χ3n) is 3.70. The molecule has 22 heavy (non-hydrogen) atoms. The number of methoxy groups -OCH3 is 1. The van der Waals surface area contributed by atoms with Crippen molar-refractivity contribution in [1.29, 1.82) is 0 Å². The van der Waals surface area contributed by atoms with Crippen molar-refractivity contribution < 1.29 is 22.7 Å². The molecule has 2 rings (SSSR count). The van der Waals surface area contributed by atoms with Gasteiger partial charge < -0.3 is 14.4 Å². The number of hydrogen-bond acceptors (Lipinski definition) is 5. The van der Waals surface area contributed by atoms with Crippen LogP contribution in [0, 0.1) is 0 Å². The van der Waals surface area contributed by atoms with E-state index >= 15 is 0 Å². The number of hydrogen-bond donors (Lipinski definition) is 0. The summed E-state index contributed by atoms with van der Waals surface area (Å²) in [5.41, 5.74) is 0.534. The van der Waals surface area contributed by atoms with Gasteiger partial charge in [-0.25, -0.2) is 8.42 Å². The number of carbonyl (C=O) groups excluding carboxylic acids is 1. The van der Waals surface area contributed by atoms with Crippen molar-refractivity contribution in [2.24, 2.45) is 0 Å². The van der Waals surface area contributed by atoms with Gasteiger partial charge in [-0.15, -0.1) is 0 Å². The predicted molar refractivity (Wildman–Crippen MR) is 83.0 cm³/mol. The summed E-state index contributed by atoms with van der Waals surface area (Å²) in [6.07, 6.45) is 0. The zero-order chi connectivity index (χ0) is 16.2. The van der Waals surface area contributed by atoms with Gasteiger partial charge in [0.25, 0.3) is 5.91 Å². The predicted octanol–water partition coefficient (Wildman–Crippen LogP) is 0.971. The van der Waals surface area contributed by atoms with Gasteiger partial charge in [-0.05, 0) is 24.3 Å². The Morgan fingerprint density at radius 3 is 2.41 bits per heavy atom. The number of ether oxygens (including phenoxy) is 2. The Morgan fingerprint density at radius 1 is 1.23 bits per heavy atom. The fourth-order valence-electron chi connectivity index (χ4n) is 2.19. The molecular weight excluding hydrogens is 306 g/mol. The van der Waals surface area contributed by atoms with Crippen LogP contribution in [0.5, 0.6) is 5.75 Å². The number of amides is 1. The van der Waals surface area contributed by atoms with Gasteiger partial charge in [-0.3, -0.25) is 4.79 Å². The van der Waals surface area contributed by atoms with Crippen molar-refractivity contribution in [3.63, 3.8) is 0 Å². The SMILES string of the molecule is CCS(=O)(=O)C1CN(C(=O)c2ccc(OCCOC)cc2)C1. The summed E-state index contributed by atoms with van der Waals surface area (Å²) in [4.78, 5) is 13.8. The minimum Gasteiger partial charge on any atom is -0.491 e. The fraction of sp³-hybridized carbons (Fsp3) is 0.533. The molecule has 1 aliphatic heterocycles. The molecule has 0 atom stereocenters. The molecule has 0 unspecified atom stereocenters. The van der Waals surface area contributed by atoms with Gasteiger partial charge in [-0.2, -0.15) is 0 Å². The lowest BCUT2D eigenvalue weighted by atomic mass is 10.1. The van der Waals surface area contributed by atoms with E-state index in [1.165, 1.54) is 0 Å². The number of rotatable bonds is 7. The van der Waals surface area contributed by atoms with Crippen molar-refractivity contribution >= 4 is 15.7 Å². The summed E-state index contributed by atoms with van der Waals surface area (Å²) in [5.74, 6) is 0.641. The molecule has 1 saturated heterocycles. The van der Waals surface area contributed by atoms with E-state index in [1.54, 1.807) is 43.2 Å². The van der Waals surface area contributed by atoms with Crippen LogP contribution in [-0.4, -0.2) is 63.6 Å². The largest absolute Gasteiger partial charge is 0.491 e. The summed E-state index contributed by atoms with van der Waals surface area (Å²) in [6.45, 7) is 3.14. The molecule has 1 aliphatic rings. The van der Waals surface area contributed by atoms with Crippen LogP contribution < -0.4 is 4.74 Å². The lowest BCUT2D eigenvalue weighted by molar-refractivity contribution is 0.0659. The lowest BCUT2D eigenvalue weighted by Gasteiger charge is -2.38. The van der Waals surface area contributed by atoms with E-state index in [2.05, 4.69) is 0 Å². The Balaban J connectivity index is 1.89. The smallest absolute Gasteiger partial charge is 0.253 e. The van der Waals surface area contributed by atoms with E-state index in [-0.39, 0.29) is 24.7 Å². The highest BCUT2D eigenvalue weighted by molar-refractivity contribution is 7.92. The van der Waals surface area contributed by atoms with E-state index in [1.807, 2.05) is 0 Å². The normalized spacial score (nSPS) is 15.5. The molecular formula is C15H21NO5S. The third kappa shape index (κ3) is 3.78. The first kappa shape index (κ1) is 16.8. The van der Waals surface area contributed by atoms with Gasteiger partial charge in [-0.1, -0.05) is 6.92 Å². The molecule has 0 aliphatic carbocycles. The van der Waals surface area contributed by atoms with E-state index in [0.29, 0.717) is 24.5 Å². The Morgan fingerprint density at radius 2 is 1.86 bits per heavy atom. The van der Waals surface area contributed by atoms with Crippen molar-refractivity contribution in [2.75, 3.05) is 39.2 Å². The minimum absolute atomic E-state index is 0.118. The van der Waals surface area contributed by atoms with E-state index < -0.39 is 15.1 Å². The number of nitrogens with zero attached hydrogens (tertiary/aromatic N) is 1. The maximum atomic E-state index is 12.2. The topological polar surface area (TPSA) is 72.9 Å². The molecule has 0 N–H and O–H groups in total. The van der Waals surface area contributed by atoms with Crippen molar-refractivity contribution in [1.82, 2.24) is 4.90 Å². The Hall–Kier alpha value is -1.60. The second kappa shape index (κ2) is 7.11. The maximum absolute atomic E-state index is 12.2. The first-order chi connectivity index (χ1) is 10.5. The van der Waals surface area contributed by atoms with Crippen LogP contribution in [0.25, 0.3) is 0 Å². The number of carbonyl (C=O) groups is 1. The van der Waals surface area contributed by atoms with Crippen LogP contribution in [0.3, 0.4) is 0 Å². The van der Waals surface area contributed by atoms with Crippen molar-refractivity contribution in [2.45, 2.75) is 12.2 Å². The number of likely N-dealkylation sites (tertiary alicyclic amines) is 1. The number of sulfone groups is 1. The number of benzene rings is 1. The maximum Gasteiger partial charge on any atom is 0.253 e. The molecule has 1 amide bonds. The quantitative estimate of drug-likeness (QED) is 0.698. The zero-order valence-electron chi connectivity index (χ0n) is 12.8. The molecule has 0 saturated carbocycles. The van der Waals surface area contributed by atoms with Gasteiger partial charge in [0.15, 0.2) is 9.84 Å². The van der Waals surface area contributed by atoms with Crippen LogP contribution in [0.4, 0.5) is 0 Å². The van der Waals surface area contributed by atoms with Crippen molar-refractivity contribution in [3.8, 4) is 5.75 Å². The van der Waals surface area contributed by atoms with E-state index in [4.69, 9.17) is 9.47 Å². The first-order valence-electron chi connectivity index (χ1n) is 7.20. The standard InChI is InChI=1S/C15H21NO5S/c1-3-22(18,19)14-10-16(11-14)15(17)12-4-6-13(7-5-12)21-9-8-20-2/h4-7,14H,3,8-11H2,1-2H3. The molecule has 1 fully saturated rings. The molecule has 0 aromatic heterocycles. The average Bonchev–Trinajstić information content (AvgIpc) is 2.46. The molecule has 1 heterocycles. The highest BCUT2D eigenvalue weighted by Gasteiger charge is 2.38. The molecule has 0 spiro atoms. The molecule has 0 bridgehead atoms. The summed E-state index contributed by atoms with van der Waals surface area (Å²) in [6, 6.07) is 6.82. The molecule has 1 aromatic rings. The van der Waals surface area contributed by atoms with Crippen LogP contribution in [0.2, 0.25) is 0 Å². The average molecular weight is 327 g/mol. The molecule has 6 nitrogen and oxygen atoms in total. The second-order valence-electron chi connectivity index (χ2n) is 5.15. The highest BCUT2D eigenvalue weighted by Crippen LogP contribution is 2.21. The van der Waals surface area contributed by atoms with Gasteiger partial charge >= 0.3 is 0 Å². The molecule has 0 radical (unpaired) electrons. The minimum atomic E-state index is -3.06. The summed E-state index contributed by atoms with van der Waals surface area (Å²) in [5, 5.41) is -0.418. The van der Waals surface area contributed by atoms with E-state index in [0.717, 1.165) is 0 Å². The molecule has 7 heteroatoms. The zero-order valence-corrected chi connectivity index (χ0v) is 13.6. The van der Waals surface area contributed by atoms with Gasteiger partial charge in [0, 0.05) is 31.5 Å². The third-order valence-corrected chi connectivity index (χ3v) is 5.82. The highest BCUT2D eigenvalue weighted by atomic mass is 32.2. The lowest BCUT2D eigenvalue weighted by Crippen LogP contribution is -2.57. The Kier molecular flexibility index (Phi) is 5.42. The van der Waals surface area contributed by atoms with Crippen LogP contribution in [-0.2, 0) is 14.6 Å². The first-order valence-corrected chi connectivity index (χ1v) is 8.92. The Bertz CT molecular complexity index is 605. The van der Waals surface area contributed by atoms with Crippen LogP contribution in [0.1, 0.15) is 17.3 Å². The fourth-order valence-corrected chi connectivity index (χ4v) is 3.47. The van der Waals surface area contributed by atoms with Crippen molar-refractivity contribution in [3.05, 3.63) is 29.8 Å². The molecule has 122 valence electrons. The monoisotopic (exact) mass is 327 g/mol. The molecule has 1 aromatic carbocycles. The van der Waals surface area contributed by atoms with Gasteiger partial charge in [0.1, 0.15) is 12.4 Å². The second-order valence-corrected chi connectivity index (χ2v) is 7.72. The van der Waals surface area contributed by atoms with Crippen LogP contribution in [0.15, 0.2) is 24.3 Å². The van der Waals surface area contributed by atoms with Crippen LogP contribution >= 0.6 is 0 Å². The summed E-state index contributed by atoms with van der Waals surface area (Å²) < 4.78 is 33.7. The summed E-state index contributed by atoms with van der Waals surface area (Å²) in [7, 11) is -1.45. The van der Waals surface area contributed by atoms with Gasteiger partial charge in [0.05, 0.1) is 11.9 Å². The Labute approximate surface area is 130 Å². The van der Waals surface area contributed by atoms with E-state index in [9.17, 15) is 13.2 Å². The summed E-state index contributed by atoms with van der Waals surface area (Å²) >= 11 is 0. The van der Waals surface area contributed by atoms with Gasteiger partial charge in [0.2, 0.25) is 0 Å².